The topological polar surface area (TPSA) is 97.7 Å². The van der Waals surface area contributed by atoms with Crippen LogP contribution in [0.1, 0.15) is 5.56 Å². The van der Waals surface area contributed by atoms with Crippen LogP contribution in [-0.2, 0) is 23.9 Å². The minimum absolute atomic E-state index is 0.213. The van der Waals surface area contributed by atoms with Crippen molar-refractivity contribution in [2.24, 2.45) is 0 Å². The molecule has 0 amide bonds. The fourth-order valence-corrected chi connectivity index (χ4v) is 1.93. The van der Waals surface area contributed by atoms with Crippen molar-refractivity contribution >= 4 is 28.1 Å². The monoisotopic (exact) mass is 282 g/mol. The molecule has 0 radical (unpaired) electrons. The van der Waals surface area contributed by atoms with E-state index in [0.717, 1.165) is 0 Å². The van der Waals surface area contributed by atoms with Crippen LogP contribution >= 0.6 is 0 Å². The predicted molar refractivity (Wildman–Crippen MR) is 66.6 cm³/mol. The van der Waals surface area contributed by atoms with Crippen LogP contribution in [0.2, 0.25) is 0 Å². The third-order valence-corrected chi connectivity index (χ3v) is 3.19. The van der Waals surface area contributed by atoms with Gasteiger partial charge in [0.2, 0.25) is 0 Å². The third kappa shape index (κ3) is 4.40. The number of carboxylic acid groups (broad SMARTS) is 1. The summed E-state index contributed by atoms with van der Waals surface area (Å²) in [6, 6.07) is 5.47. The Morgan fingerprint density at radius 3 is 2.21 bits per heavy atom. The van der Waals surface area contributed by atoms with Gasteiger partial charge in [0.25, 0.3) is 0 Å². The van der Waals surface area contributed by atoms with Gasteiger partial charge in [-0.05, 0) is 17.7 Å². The van der Waals surface area contributed by atoms with Crippen molar-refractivity contribution in [1.82, 2.24) is 0 Å². The molecule has 6 nitrogen and oxygen atoms in total. The van der Waals surface area contributed by atoms with Gasteiger partial charge in [0.15, 0.2) is 0 Å². The van der Waals surface area contributed by atoms with Gasteiger partial charge in [-0.15, -0.1) is 0 Å². The lowest BCUT2D eigenvalue weighted by molar-refractivity contribution is -0.133. The van der Waals surface area contributed by atoms with E-state index in [0.29, 0.717) is 17.7 Å². The molecule has 1 aromatic carbocycles. The van der Waals surface area contributed by atoms with Gasteiger partial charge in [0.05, 0.1) is 0 Å². The Morgan fingerprint density at radius 1 is 1.16 bits per heavy atom. The summed E-state index contributed by atoms with van der Waals surface area (Å²) < 4.78 is 27.5. The molecule has 0 fully saturated rings. The summed E-state index contributed by atoms with van der Waals surface area (Å²) in [4.78, 5) is 21.0. The maximum atomic E-state index is 11.6. The Hall–Kier alpha value is -2.41. The van der Waals surface area contributed by atoms with E-state index in [1.54, 1.807) is 0 Å². The second-order valence-electron chi connectivity index (χ2n) is 3.30. The molecule has 1 rings (SSSR count). The lowest BCUT2D eigenvalue weighted by Gasteiger charge is -2.03. The SMILES string of the molecule is C=Cc1ccc(S(=O)(=O)OC(=O)/C=C\C(=O)O)cc1. The highest BCUT2D eigenvalue weighted by molar-refractivity contribution is 7.87. The number of benzene rings is 1. The zero-order valence-corrected chi connectivity index (χ0v) is 10.5. The molecule has 0 heterocycles. The molecule has 1 aromatic rings. The Balaban J connectivity index is 2.88. The van der Waals surface area contributed by atoms with E-state index in [-0.39, 0.29) is 4.90 Å². The van der Waals surface area contributed by atoms with Crippen molar-refractivity contribution < 1.29 is 27.3 Å². The quantitative estimate of drug-likeness (QED) is 0.643. The third-order valence-electron chi connectivity index (χ3n) is 1.96. The molecule has 0 aliphatic carbocycles. The highest BCUT2D eigenvalue weighted by Gasteiger charge is 2.18. The first-order valence-electron chi connectivity index (χ1n) is 4.97. The molecule has 0 unspecified atom stereocenters. The summed E-state index contributed by atoms with van der Waals surface area (Å²) in [6.07, 6.45) is 2.52. The number of carbonyl (C=O) groups is 2. The largest absolute Gasteiger partial charge is 0.478 e. The summed E-state index contributed by atoms with van der Waals surface area (Å²) in [5, 5.41) is 8.28. The molecule has 100 valence electrons. The van der Waals surface area contributed by atoms with E-state index in [2.05, 4.69) is 10.8 Å². The van der Waals surface area contributed by atoms with Crippen LogP contribution in [0.4, 0.5) is 0 Å². The molecule has 19 heavy (non-hydrogen) atoms. The first-order valence-corrected chi connectivity index (χ1v) is 6.38. The first-order chi connectivity index (χ1) is 8.85. The maximum absolute atomic E-state index is 11.6. The van der Waals surface area contributed by atoms with E-state index in [1.807, 2.05) is 0 Å². The number of rotatable bonds is 5. The summed E-state index contributed by atoms with van der Waals surface area (Å²) in [7, 11) is -4.26. The molecule has 0 saturated carbocycles. The highest BCUT2D eigenvalue weighted by Crippen LogP contribution is 2.14. The van der Waals surface area contributed by atoms with Crippen LogP contribution < -0.4 is 0 Å². The minimum atomic E-state index is -4.26. The van der Waals surface area contributed by atoms with Gasteiger partial charge in [-0.2, -0.15) is 8.42 Å². The summed E-state index contributed by atoms with van der Waals surface area (Å²) in [6.45, 7) is 3.51. The average molecular weight is 282 g/mol. The van der Waals surface area contributed by atoms with Crippen LogP contribution in [0.25, 0.3) is 6.08 Å². The van der Waals surface area contributed by atoms with Crippen LogP contribution in [0.3, 0.4) is 0 Å². The van der Waals surface area contributed by atoms with Crippen molar-refractivity contribution in [3.8, 4) is 0 Å². The molecule has 0 aromatic heterocycles. The molecule has 1 N–H and O–H groups in total. The highest BCUT2D eigenvalue weighted by atomic mass is 32.2. The normalized spacial score (nSPS) is 11.2. The Bertz CT molecular complexity index is 625. The summed E-state index contributed by atoms with van der Waals surface area (Å²) in [5.74, 6) is -2.67. The first kappa shape index (κ1) is 14.7. The smallest absolute Gasteiger partial charge is 0.347 e. The molecular formula is C12H10O6S. The zero-order chi connectivity index (χ0) is 14.5. The fourth-order valence-electron chi connectivity index (χ4n) is 1.09. The Kier molecular flexibility index (Phi) is 4.60. The van der Waals surface area contributed by atoms with Crippen molar-refractivity contribution in [3.05, 3.63) is 48.6 Å². The van der Waals surface area contributed by atoms with E-state index in [9.17, 15) is 18.0 Å². The van der Waals surface area contributed by atoms with Gasteiger partial charge >= 0.3 is 22.1 Å². The van der Waals surface area contributed by atoms with Gasteiger partial charge in [-0.3, -0.25) is 0 Å². The second kappa shape index (κ2) is 5.96. The van der Waals surface area contributed by atoms with E-state index in [1.165, 1.54) is 30.3 Å². The van der Waals surface area contributed by atoms with E-state index < -0.39 is 22.1 Å². The van der Waals surface area contributed by atoms with Gasteiger partial charge in [0.1, 0.15) is 4.90 Å². The fraction of sp³-hybridized carbons (Fsp3) is 0. The van der Waals surface area contributed by atoms with Gasteiger partial charge in [-0.25, -0.2) is 9.59 Å². The van der Waals surface area contributed by atoms with Crippen molar-refractivity contribution in [2.45, 2.75) is 4.90 Å². The lowest BCUT2D eigenvalue weighted by Crippen LogP contribution is -2.11. The molecule has 0 atom stereocenters. The van der Waals surface area contributed by atoms with Crippen LogP contribution in [-0.4, -0.2) is 25.5 Å². The van der Waals surface area contributed by atoms with Crippen molar-refractivity contribution in [1.29, 1.82) is 0 Å². The Labute approximate surface area is 109 Å². The number of hydrogen-bond acceptors (Lipinski definition) is 5. The number of hydrogen-bond donors (Lipinski definition) is 1. The number of carboxylic acids is 1. The molecule has 0 aliphatic heterocycles. The van der Waals surface area contributed by atoms with E-state index in [4.69, 9.17) is 5.11 Å². The molecule has 0 aliphatic rings. The molecule has 7 heteroatoms. The standard InChI is InChI=1S/C12H10O6S/c1-2-9-3-5-10(6-4-9)19(16,17)18-12(15)8-7-11(13)14/h2-8H,1H2,(H,13,14)/b8-7-. The van der Waals surface area contributed by atoms with Crippen LogP contribution in [0.5, 0.6) is 0 Å². The van der Waals surface area contributed by atoms with Gasteiger partial charge in [-0.1, -0.05) is 24.8 Å². The predicted octanol–water partition coefficient (Wildman–Crippen LogP) is 1.20. The van der Waals surface area contributed by atoms with Crippen molar-refractivity contribution in [3.63, 3.8) is 0 Å². The molecular weight excluding hydrogens is 272 g/mol. The summed E-state index contributed by atoms with van der Waals surface area (Å²) in [5.41, 5.74) is 0.705. The van der Waals surface area contributed by atoms with E-state index >= 15 is 0 Å². The van der Waals surface area contributed by atoms with Crippen molar-refractivity contribution in [2.75, 3.05) is 0 Å². The van der Waals surface area contributed by atoms with Gasteiger partial charge < -0.3 is 9.29 Å². The maximum Gasteiger partial charge on any atom is 0.347 e. The molecule has 0 spiro atoms. The minimum Gasteiger partial charge on any atom is -0.478 e. The number of aliphatic carboxylic acids is 1. The zero-order valence-electron chi connectivity index (χ0n) is 9.65. The Morgan fingerprint density at radius 2 is 1.74 bits per heavy atom. The summed E-state index contributed by atoms with van der Waals surface area (Å²) >= 11 is 0. The van der Waals surface area contributed by atoms with Crippen LogP contribution in [0, 0.1) is 0 Å². The molecule has 0 bridgehead atoms. The average Bonchev–Trinajstić information content (AvgIpc) is 2.36. The van der Waals surface area contributed by atoms with Crippen LogP contribution in [0.15, 0.2) is 47.9 Å². The molecule has 0 saturated heterocycles. The number of carbonyl (C=O) groups excluding carboxylic acids is 1. The van der Waals surface area contributed by atoms with Gasteiger partial charge in [0, 0.05) is 12.2 Å². The lowest BCUT2D eigenvalue weighted by atomic mass is 10.2. The second-order valence-corrected chi connectivity index (χ2v) is 4.85.